The molecular weight excluding hydrogens is 244 g/mol. The standard InChI is InChI=1S/C15H22O4/c1-10-3-4-12(14(16)17-2)13-9-15(6-5-11(10)13)18-7-8-19-15/h11-13H,1,3-9H2,2H3/t11-,12+,13+/m0/s1. The average molecular weight is 266 g/mol. The SMILES string of the molecule is C=C1CC[C@@H](C(=O)OC)[C@@H]2CC3(CC[C@@H]12)OCCO3. The van der Waals surface area contributed by atoms with Crippen molar-refractivity contribution in [2.45, 2.75) is 37.9 Å². The molecule has 0 aromatic carbocycles. The molecule has 1 saturated heterocycles. The van der Waals surface area contributed by atoms with Crippen molar-refractivity contribution in [3.8, 4) is 0 Å². The first-order valence-electron chi connectivity index (χ1n) is 7.19. The van der Waals surface area contributed by atoms with Crippen LogP contribution in [0.5, 0.6) is 0 Å². The predicted octanol–water partition coefficient (Wildman–Crippen LogP) is 2.29. The number of carbonyl (C=O) groups excluding carboxylic acids is 1. The van der Waals surface area contributed by atoms with Crippen molar-refractivity contribution >= 4 is 5.97 Å². The minimum Gasteiger partial charge on any atom is -0.469 e. The van der Waals surface area contributed by atoms with Gasteiger partial charge in [0.2, 0.25) is 0 Å². The van der Waals surface area contributed by atoms with E-state index in [0.29, 0.717) is 19.1 Å². The van der Waals surface area contributed by atoms with Crippen molar-refractivity contribution in [1.29, 1.82) is 0 Å². The van der Waals surface area contributed by atoms with Crippen LogP contribution < -0.4 is 0 Å². The summed E-state index contributed by atoms with van der Waals surface area (Å²) in [7, 11) is 1.47. The third-order valence-corrected chi connectivity index (χ3v) is 5.03. The highest BCUT2D eigenvalue weighted by Crippen LogP contribution is 2.51. The lowest BCUT2D eigenvalue weighted by molar-refractivity contribution is -0.202. The third-order valence-electron chi connectivity index (χ3n) is 5.03. The monoisotopic (exact) mass is 266 g/mol. The summed E-state index contributed by atoms with van der Waals surface area (Å²) >= 11 is 0. The van der Waals surface area contributed by atoms with Gasteiger partial charge in [0, 0.05) is 12.8 Å². The Morgan fingerprint density at radius 2 is 2.11 bits per heavy atom. The van der Waals surface area contributed by atoms with Crippen LogP contribution in [0.1, 0.15) is 32.1 Å². The summed E-state index contributed by atoms with van der Waals surface area (Å²) < 4.78 is 16.6. The normalized spacial score (nSPS) is 37.1. The fourth-order valence-corrected chi connectivity index (χ4v) is 4.07. The maximum absolute atomic E-state index is 12.0. The van der Waals surface area contributed by atoms with E-state index in [4.69, 9.17) is 14.2 Å². The van der Waals surface area contributed by atoms with Gasteiger partial charge in [-0.3, -0.25) is 4.79 Å². The van der Waals surface area contributed by atoms with Gasteiger partial charge in [-0.15, -0.1) is 0 Å². The molecule has 2 aliphatic carbocycles. The molecule has 1 heterocycles. The molecule has 3 aliphatic rings. The molecule has 3 atom stereocenters. The van der Waals surface area contributed by atoms with Crippen LogP contribution in [0.3, 0.4) is 0 Å². The number of hydrogen-bond acceptors (Lipinski definition) is 4. The van der Waals surface area contributed by atoms with E-state index >= 15 is 0 Å². The smallest absolute Gasteiger partial charge is 0.308 e. The van der Waals surface area contributed by atoms with E-state index in [1.54, 1.807) is 0 Å². The third kappa shape index (κ3) is 2.21. The molecule has 0 radical (unpaired) electrons. The molecule has 0 amide bonds. The molecule has 4 nitrogen and oxygen atoms in total. The van der Waals surface area contributed by atoms with Gasteiger partial charge in [0.1, 0.15) is 0 Å². The number of methoxy groups -OCH3 is 1. The van der Waals surface area contributed by atoms with Crippen molar-refractivity contribution in [2.24, 2.45) is 17.8 Å². The summed E-state index contributed by atoms with van der Waals surface area (Å²) in [5.41, 5.74) is 1.29. The molecular formula is C15H22O4. The second kappa shape index (κ2) is 4.91. The van der Waals surface area contributed by atoms with E-state index in [-0.39, 0.29) is 17.8 Å². The molecule has 1 spiro atoms. The molecule has 19 heavy (non-hydrogen) atoms. The molecule has 0 aromatic rings. The highest BCUT2D eigenvalue weighted by Gasteiger charge is 2.50. The van der Waals surface area contributed by atoms with E-state index in [1.807, 2.05) is 0 Å². The molecule has 3 rings (SSSR count). The van der Waals surface area contributed by atoms with Gasteiger partial charge in [-0.05, 0) is 31.1 Å². The lowest BCUT2D eigenvalue weighted by Crippen LogP contribution is -2.46. The Kier molecular flexibility index (Phi) is 3.39. The molecule has 3 fully saturated rings. The molecule has 0 bridgehead atoms. The van der Waals surface area contributed by atoms with Gasteiger partial charge in [0.05, 0.1) is 26.2 Å². The summed E-state index contributed by atoms with van der Waals surface area (Å²) in [5.74, 6) is 0.144. The minimum absolute atomic E-state index is 0.0227. The Bertz CT molecular complexity index is 384. The maximum atomic E-state index is 12.0. The predicted molar refractivity (Wildman–Crippen MR) is 69.3 cm³/mol. The van der Waals surface area contributed by atoms with Crippen molar-refractivity contribution in [3.05, 3.63) is 12.2 Å². The first kappa shape index (κ1) is 13.1. The van der Waals surface area contributed by atoms with Gasteiger partial charge in [0.15, 0.2) is 5.79 Å². The van der Waals surface area contributed by atoms with Gasteiger partial charge in [-0.25, -0.2) is 0 Å². The van der Waals surface area contributed by atoms with Crippen molar-refractivity contribution in [1.82, 2.24) is 0 Å². The van der Waals surface area contributed by atoms with Crippen LogP contribution in [0.25, 0.3) is 0 Å². The topological polar surface area (TPSA) is 44.8 Å². The molecule has 0 N–H and O–H groups in total. The van der Waals surface area contributed by atoms with Crippen LogP contribution in [0.15, 0.2) is 12.2 Å². The van der Waals surface area contributed by atoms with Gasteiger partial charge in [0.25, 0.3) is 0 Å². The number of fused-ring (bicyclic) bond motifs is 1. The highest BCUT2D eigenvalue weighted by atomic mass is 16.7. The van der Waals surface area contributed by atoms with E-state index in [2.05, 4.69) is 6.58 Å². The number of hydrogen-bond donors (Lipinski definition) is 0. The number of allylic oxidation sites excluding steroid dienone is 1. The molecule has 106 valence electrons. The zero-order valence-electron chi connectivity index (χ0n) is 11.5. The summed E-state index contributed by atoms with van der Waals surface area (Å²) in [6.45, 7) is 5.54. The Hall–Kier alpha value is -0.870. The van der Waals surface area contributed by atoms with Gasteiger partial charge >= 0.3 is 5.97 Å². The molecule has 0 unspecified atom stereocenters. The van der Waals surface area contributed by atoms with Gasteiger partial charge in [-0.2, -0.15) is 0 Å². The van der Waals surface area contributed by atoms with E-state index in [9.17, 15) is 4.79 Å². The maximum Gasteiger partial charge on any atom is 0.308 e. The largest absolute Gasteiger partial charge is 0.469 e. The van der Waals surface area contributed by atoms with Crippen molar-refractivity contribution in [2.75, 3.05) is 20.3 Å². The Morgan fingerprint density at radius 3 is 2.79 bits per heavy atom. The summed E-state index contributed by atoms with van der Waals surface area (Å²) in [4.78, 5) is 12.0. The van der Waals surface area contributed by atoms with E-state index in [1.165, 1.54) is 12.7 Å². The quantitative estimate of drug-likeness (QED) is 0.539. The van der Waals surface area contributed by atoms with Crippen LogP contribution in [-0.2, 0) is 19.0 Å². The molecule has 4 heteroatoms. The first-order valence-corrected chi connectivity index (χ1v) is 7.19. The zero-order valence-corrected chi connectivity index (χ0v) is 11.5. The van der Waals surface area contributed by atoms with Crippen LogP contribution in [0.2, 0.25) is 0 Å². The lowest BCUT2D eigenvalue weighted by atomic mass is 9.62. The molecule has 0 aromatic heterocycles. The van der Waals surface area contributed by atoms with Crippen LogP contribution >= 0.6 is 0 Å². The fourth-order valence-electron chi connectivity index (χ4n) is 4.07. The summed E-state index contributed by atoms with van der Waals surface area (Å²) in [5, 5.41) is 0. The van der Waals surface area contributed by atoms with Crippen molar-refractivity contribution in [3.63, 3.8) is 0 Å². The Labute approximate surface area is 114 Å². The number of ether oxygens (including phenoxy) is 3. The summed E-state index contributed by atoms with van der Waals surface area (Å²) in [6, 6.07) is 0. The molecule has 2 saturated carbocycles. The minimum atomic E-state index is -0.439. The summed E-state index contributed by atoms with van der Waals surface area (Å²) in [6.07, 6.45) is 4.52. The molecule has 1 aliphatic heterocycles. The van der Waals surface area contributed by atoms with Gasteiger partial charge in [-0.1, -0.05) is 12.2 Å². The van der Waals surface area contributed by atoms with E-state index < -0.39 is 5.79 Å². The Morgan fingerprint density at radius 1 is 1.37 bits per heavy atom. The zero-order chi connectivity index (χ0) is 13.5. The number of rotatable bonds is 1. The second-order valence-corrected chi connectivity index (χ2v) is 5.95. The van der Waals surface area contributed by atoms with E-state index in [0.717, 1.165) is 32.1 Å². The fraction of sp³-hybridized carbons (Fsp3) is 0.800. The number of carbonyl (C=O) groups is 1. The number of esters is 1. The average Bonchev–Trinajstić information content (AvgIpc) is 2.86. The highest BCUT2D eigenvalue weighted by molar-refractivity contribution is 5.73. The van der Waals surface area contributed by atoms with Crippen LogP contribution in [-0.4, -0.2) is 32.1 Å². The van der Waals surface area contributed by atoms with Crippen LogP contribution in [0.4, 0.5) is 0 Å². The van der Waals surface area contributed by atoms with Gasteiger partial charge < -0.3 is 14.2 Å². The Balaban J connectivity index is 1.82. The lowest BCUT2D eigenvalue weighted by Gasteiger charge is -2.47. The first-order chi connectivity index (χ1) is 9.15. The van der Waals surface area contributed by atoms with Crippen molar-refractivity contribution < 1.29 is 19.0 Å². The van der Waals surface area contributed by atoms with Crippen LogP contribution in [0, 0.1) is 17.8 Å². The second-order valence-electron chi connectivity index (χ2n) is 5.95.